The largest absolute Gasteiger partial charge is 0.352 e. The molecular formula is C15H15N3O3S. The summed E-state index contributed by atoms with van der Waals surface area (Å²) < 4.78 is 1.22. The number of benzene rings is 1. The van der Waals surface area contributed by atoms with Gasteiger partial charge in [-0.05, 0) is 40.9 Å². The number of imide groups is 1. The van der Waals surface area contributed by atoms with Gasteiger partial charge in [0.05, 0.1) is 0 Å². The summed E-state index contributed by atoms with van der Waals surface area (Å²) in [7, 11) is 0. The fraction of sp³-hybridized carbons (Fsp3) is 0.267. The van der Waals surface area contributed by atoms with E-state index in [1.165, 1.54) is 10.1 Å². The number of thiophene rings is 1. The maximum atomic E-state index is 11.8. The molecule has 3 N–H and O–H groups in total. The zero-order valence-corrected chi connectivity index (χ0v) is 12.5. The third-order valence-corrected chi connectivity index (χ3v) is 4.42. The van der Waals surface area contributed by atoms with Crippen molar-refractivity contribution in [3.8, 4) is 0 Å². The minimum atomic E-state index is -0.611. The van der Waals surface area contributed by atoms with E-state index in [9.17, 15) is 14.4 Å². The molecule has 0 unspecified atom stereocenters. The quantitative estimate of drug-likeness (QED) is 0.730. The Hall–Kier alpha value is -2.41. The van der Waals surface area contributed by atoms with Crippen molar-refractivity contribution in [1.82, 2.24) is 16.0 Å². The second kappa shape index (κ2) is 6.15. The van der Waals surface area contributed by atoms with E-state index in [0.29, 0.717) is 13.0 Å². The Morgan fingerprint density at radius 1 is 1.27 bits per heavy atom. The number of rotatable bonds is 5. The fourth-order valence-electron chi connectivity index (χ4n) is 2.35. The molecule has 3 rings (SSSR count). The highest BCUT2D eigenvalue weighted by molar-refractivity contribution is 7.17. The van der Waals surface area contributed by atoms with Gasteiger partial charge in [-0.3, -0.25) is 14.9 Å². The van der Waals surface area contributed by atoms with Crippen LogP contribution in [0.2, 0.25) is 0 Å². The molecule has 2 aromatic rings. The number of amides is 4. The Balaban J connectivity index is 1.47. The Bertz CT molecular complexity index is 740. The predicted molar refractivity (Wildman–Crippen MR) is 83.4 cm³/mol. The molecule has 4 amide bonds. The lowest BCUT2D eigenvalue weighted by Gasteiger charge is -2.08. The van der Waals surface area contributed by atoms with Crippen LogP contribution in [0.25, 0.3) is 10.1 Å². The molecule has 22 heavy (non-hydrogen) atoms. The summed E-state index contributed by atoms with van der Waals surface area (Å²) in [5, 5.41) is 10.6. The van der Waals surface area contributed by atoms with Gasteiger partial charge in [0, 0.05) is 17.7 Å². The molecule has 7 heteroatoms. The summed E-state index contributed by atoms with van der Waals surface area (Å²) >= 11 is 1.68. The van der Waals surface area contributed by atoms with Gasteiger partial charge in [0.1, 0.15) is 6.04 Å². The first-order chi connectivity index (χ1) is 10.6. The highest BCUT2D eigenvalue weighted by atomic mass is 32.1. The van der Waals surface area contributed by atoms with Crippen LogP contribution in [0.1, 0.15) is 18.4 Å². The minimum absolute atomic E-state index is 0.139. The van der Waals surface area contributed by atoms with E-state index in [-0.39, 0.29) is 18.2 Å². The van der Waals surface area contributed by atoms with Crippen LogP contribution in [0.3, 0.4) is 0 Å². The van der Waals surface area contributed by atoms with E-state index in [1.54, 1.807) is 11.3 Å². The zero-order chi connectivity index (χ0) is 15.5. The maximum absolute atomic E-state index is 11.8. The smallest absolute Gasteiger partial charge is 0.322 e. The van der Waals surface area contributed by atoms with Crippen LogP contribution < -0.4 is 16.0 Å². The highest BCUT2D eigenvalue weighted by Gasteiger charge is 2.29. The number of urea groups is 1. The molecule has 1 atom stereocenters. The van der Waals surface area contributed by atoms with Crippen LogP contribution in [-0.4, -0.2) is 23.9 Å². The van der Waals surface area contributed by atoms with E-state index < -0.39 is 12.1 Å². The Kier molecular flexibility index (Phi) is 4.06. The first kappa shape index (κ1) is 14.5. The van der Waals surface area contributed by atoms with Gasteiger partial charge in [0.2, 0.25) is 5.91 Å². The molecule has 0 spiro atoms. The molecule has 0 saturated carbocycles. The van der Waals surface area contributed by atoms with Crippen LogP contribution in [0.4, 0.5) is 4.79 Å². The molecule has 0 bridgehead atoms. The van der Waals surface area contributed by atoms with E-state index in [4.69, 9.17) is 0 Å². The van der Waals surface area contributed by atoms with E-state index in [1.807, 2.05) is 23.6 Å². The summed E-state index contributed by atoms with van der Waals surface area (Å²) in [5.41, 5.74) is 1.03. The van der Waals surface area contributed by atoms with Crippen molar-refractivity contribution in [3.63, 3.8) is 0 Å². The van der Waals surface area contributed by atoms with Gasteiger partial charge >= 0.3 is 6.03 Å². The number of carbonyl (C=O) groups is 3. The van der Waals surface area contributed by atoms with Gasteiger partial charge in [0.25, 0.3) is 5.91 Å². The lowest BCUT2D eigenvalue weighted by atomic mass is 10.1. The van der Waals surface area contributed by atoms with Crippen molar-refractivity contribution >= 4 is 39.3 Å². The monoisotopic (exact) mass is 317 g/mol. The van der Waals surface area contributed by atoms with Crippen LogP contribution in [0.15, 0.2) is 29.6 Å². The highest BCUT2D eigenvalue weighted by Crippen LogP contribution is 2.21. The van der Waals surface area contributed by atoms with Crippen molar-refractivity contribution in [3.05, 3.63) is 35.2 Å². The molecule has 1 saturated heterocycles. The fourth-order valence-corrected chi connectivity index (χ4v) is 3.12. The SMILES string of the molecule is O=C(CC[C@H]1NC(=O)NC1=O)NCc1ccc2sccc2c1. The second-order valence-corrected chi connectivity index (χ2v) is 6.07. The molecule has 0 aliphatic carbocycles. The molecule has 0 radical (unpaired) electrons. The van der Waals surface area contributed by atoms with Gasteiger partial charge < -0.3 is 10.6 Å². The summed E-state index contributed by atoms with van der Waals surface area (Å²) in [5.74, 6) is -0.514. The number of carbonyl (C=O) groups excluding carboxylic acids is 3. The molecule has 1 fully saturated rings. The Morgan fingerprint density at radius 3 is 2.91 bits per heavy atom. The van der Waals surface area contributed by atoms with Gasteiger partial charge in [-0.2, -0.15) is 0 Å². The average Bonchev–Trinajstić information content (AvgIpc) is 3.08. The van der Waals surface area contributed by atoms with Crippen LogP contribution in [0.5, 0.6) is 0 Å². The normalized spacial score (nSPS) is 17.4. The predicted octanol–water partition coefficient (Wildman–Crippen LogP) is 1.51. The van der Waals surface area contributed by atoms with Crippen LogP contribution in [0, 0.1) is 0 Å². The zero-order valence-electron chi connectivity index (χ0n) is 11.7. The van der Waals surface area contributed by atoms with Crippen LogP contribution >= 0.6 is 11.3 Å². The van der Waals surface area contributed by atoms with Gasteiger partial charge in [-0.25, -0.2) is 4.79 Å². The average molecular weight is 317 g/mol. The number of hydrogen-bond donors (Lipinski definition) is 3. The van der Waals surface area contributed by atoms with Crippen molar-refractivity contribution in [1.29, 1.82) is 0 Å². The lowest BCUT2D eigenvalue weighted by molar-refractivity contribution is -0.122. The summed E-state index contributed by atoms with van der Waals surface area (Å²) in [6, 6.07) is 7.02. The van der Waals surface area contributed by atoms with Crippen molar-refractivity contribution in [2.75, 3.05) is 0 Å². The van der Waals surface area contributed by atoms with E-state index >= 15 is 0 Å². The second-order valence-electron chi connectivity index (χ2n) is 5.12. The van der Waals surface area contributed by atoms with Crippen LogP contribution in [-0.2, 0) is 16.1 Å². The first-order valence-corrected chi connectivity index (χ1v) is 7.84. The van der Waals surface area contributed by atoms with E-state index in [0.717, 1.165) is 5.56 Å². The molecule has 1 aliphatic rings. The van der Waals surface area contributed by atoms with Gasteiger partial charge in [-0.15, -0.1) is 11.3 Å². The van der Waals surface area contributed by atoms with Gasteiger partial charge in [-0.1, -0.05) is 6.07 Å². The maximum Gasteiger partial charge on any atom is 0.322 e. The number of fused-ring (bicyclic) bond motifs is 1. The lowest BCUT2D eigenvalue weighted by Crippen LogP contribution is -2.31. The summed E-state index contributed by atoms with van der Waals surface area (Å²) in [6.07, 6.45) is 0.492. The molecule has 114 valence electrons. The first-order valence-electron chi connectivity index (χ1n) is 6.96. The van der Waals surface area contributed by atoms with Gasteiger partial charge in [0.15, 0.2) is 0 Å². The third-order valence-electron chi connectivity index (χ3n) is 3.53. The number of nitrogens with one attached hydrogen (secondary N) is 3. The standard InChI is InChI=1S/C15H15N3O3S/c19-13(4-2-11-14(20)18-15(21)17-11)16-8-9-1-3-12-10(7-9)5-6-22-12/h1,3,5-7,11H,2,4,8H2,(H,16,19)(H2,17,18,20,21)/t11-/m1/s1. The molecule has 2 heterocycles. The van der Waals surface area contributed by atoms with Crippen molar-refractivity contribution in [2.45, 2.75) is 25.4 Å². The third kappa shape index (κ3) is 3.25. The van der Waals surface area contributed by atoms with Crippen molar-refractivity contribution < 1.29 is 14.4 Å². The Labute approximate surface area is 130 Å². The molecule has 1 aromatic carbocycles. The molecule has 1 aromatic heterocycles. The molecule has 6 nitrogen and oxygen atoms in total. The van der Waals surface area contributed by atoms with Crippen molar-refractivity contribution in [2.24, 2.45) is 0 Å². The summed E-state index contributed by atoms with van der Waals surface area (Å²) in [4.78, 5) is 34.1. The minimum Gasteiger partial charge on any atom is -0.352 e. The topological polar surface area (TPSA) is 87.3 Å². The molecular weight excluding hydrogens is 302 g/mol. The Morgan fingerprint density at radius 2 is 2.14 bits per heavy atom. The summed E-state index contributed by atoms with van der Waals surface area (Å²) in [6.45, 7) is 0.452. The molecule has 1 aliphatic heterocycles. The number of hydrogen-bond acceptors (Lipinski definition) is 4. The van der Waals surface area contributed by atoms with E-state index in [2.05, 4.69) is 22.0 Å².